The zero-order chi connectivity index (χ0) is 25.5. The minimum Gasteiger partial charge on any atom is -1.00 e. The van der Waals surface area contributed by atoms with E-state index < -0.39 is 0 Å². The second-order valence-corrected chi connectivity index (χ2v) is 8.02. The maximum atomic E-state index is 4.20. The Bertz CT molecular complexity index is 1370. The van der Waals surface area contributed by atoms with Crippen molar-refractivity contribution >= 4 is 0 Å². The number of halogens is 3. The molecular weight excluding hydrogens is 751 g/mol. The van der Waals surface area contributed by atoms with Crippen LogP contribution in [-0.2, 0) is 55.0 Å². The van der Waals surface area contributed by atoms with Crippen molar-refractivity contribution < 1.29 is 57.0 Å². The van der Waals surface area contributed by atoms with Gasteiger partial charge in [0, 0.05) is 123 Å². The van der Waals surface area contributed by atoms with Gasteiger partial charge in [-0.3, -0.25) is 4.98 Å². The Morgan fingerprint density at radius 1 is 0.400 bits per heavy atom. The molecule has 0 aromatic carbocycles. The summed E-state index contributed by atoms with van der Waals surface area (Å²) in [6.45, 7) is 0. The topological polar surface area (TPSA) is 102 Å². The van der Waals surface area contributed by atoms with Crippen LogP contribution in [0.25, 0.3) is 34.8 Å². The summed E-state index contributed by atoms with van der Waals surface area (Å²) in [5, 5.41) is 0. The molecule has 0 bridgehead atoms. The van der Waals surface area contributed by atoms with Crippen molar-refractivity contribution in [1.82, 2.24) is 52.7 Å². The summed E-state index contributed by atoms with van der Waals surface area (Å²) in [6.07, 6.45) is 20.1. The van der Waals surface area contributed by atoms with Crippen molar-refractivity contribution in [2.75, 3.05) is 0 Å². The van der Waals surface area contributed by atoms with E-state index in [9.17, 15) is 0 Å². The van der Waals surface area contributed by atoms with E-state index in [4.69, 9.17) is 0 Å². The van der Waals surface area contributed by atoms with Crippen LogP contribution in [0.5, 0.6) is 0 Å². The molecule has 0 atom stereocenters. The number of pyridine rings is 1. The largest absolute Gasteiger partial charge is 1.00 e. The molecule has 216 valence electrons. The van der Waals surface area contributed by atoms with Gasteiger partial charge in [0.25, 0.3) is 0 Å². The molecule has 0 aliphatic carbocycles. The van der Waals surface area contributed by atoms with Crippen molar-refractivity contribution in [3.8, 4) is 34.8 Å². The zero-order valence-electron chi connectivity index (χ0n) is 22.5. The molecule has 11 nitrogen and oxygen atoms in total. The summed E-state index contributed by atoms with van der Waals surface area (Å²) < 4.78 is 9.73. The van der Waals surface area contributed by atoms with Crippen molar-refractivity contribution in [3.63, 3.8) is 0 Å². The van der Waals surface area contributed by atoms with E-state index in [1.807, 2.05) is 107 Å². The molecule has 6 aromatic rings. The summed E-state index contributed by atoms with van der Waals surface area (Å²) in [5.41, 5.74) is 0.907. The van der Waals surface area contributed by atoms with E-state index in [0.29, 0.717) is 0 Å². The van der Waals surface area contributed by atoms with E-state index in [0.717, 1.165) is 34.8 Å². The number of hydrogen-bond acceptors (Lipinski definition) is 6. The van der Waals surface area contributed by atoms with Crippen LogP contribution in [0.4, 0.5) is 0 Å². The molecule has 40 heavy (non-hydrogen) atoms. The molecule has 0 N–H and O–H groups in total. The van der Waals surface area contributed by atoms with Gasteiger partial charge in [-0.15, -0.1) is 0 Å². The van der Waals surface area contributed by atoms with Gasteiger partial charge in [0.1, 0.15) is 5.69 Å². The second kappa shape index (κ2) is 17.4. The second-order valence-electron chi connectivity index (χ2n) is 8.02. The van der Waals surface area contributed by atoms with E-state index in [-0.39, 0.29) is 57.0 Å². The first-order chi connectivity index (χ1) is 17.5. The van der Waals surface area contributed by atoms with Gasteiger partial charge in [-0.1, -0.05) is 6.07 Å². The van der Waals surface area contributed by atoms with Crippen LogP contribution in [0.1, 0.15) is 0 Å². The number of aryl methyl sites for hydroxylation is 5. The molecule has 0 fully saturated rings. The first-order valence-corrected chi connectivity index (χ1v) is 11.2. The van der Waals surface area contributed by atoms with Gasteiger partial charge < -0.3 is 60.1 Å². The fourth-order valence-corrected chi connectivity index (χ4v) is 3.43. The third-order valence-electron chi connectivity index (χ3n) is 5.40. The maximum absolute atomic E-state index is 4.20. The van der Waals surface area contributed by atoms with Gasteiger partial charge in [-0.25, -0.2) is 24.9 Å². The summed E-state index contributed by atoms with van der Waals surface area (Å²) in [5.74, 6) is 4.46. The van der Waals surface area contributed by atoms with Crippen molar-refractivity contribution in [3.05, 3.63) is 86.4 Å². The average Bonchev–Trinajstić information content (AvgIpc) is 3.70. The van der Waals surface area contributed by atoms with E-state index >= 15 is 0 Å². The molecule has 0 aliphatic heterocycles. The Labute approximate surface area is 265 Å². The van der Waals surface area contributed by atoms with Crippen molar-refractivity contribution in [1.29, 1.82) is 0 Å². The molecule has 0 aliphatic rings. The van der Waals surface area contributed by atoms with Crippen LogP contribution in [-0.4, -0.2) is 52.7 Å². The smallest absolute Gasteiger partial charge is 0.176 e. The van der Waals surface area contributed by atoms with Crippen LogP contribution < -0.4 is 37.2 Å². The summed E-state index contributed by atoms with van der Waals surface area (Å²) >= 11 is 0. The molecule has 0 saturated carbocycles. The number of hydrogen-bond donors (Lipinski definition) is 0. The van der Waals surface area contributed by atoms with Crippen LogP contribution in [0.2, 0.25) is 0 Å². The number of aromatic nitrogens is 11. The van der Waals surface area contributed by atoms with Gasteiger partial charge in [-0.2, -0.15) is 0 Å². The molecular formula is C25H29Cl3N11Os-3. The predicted octanol–water partition coefficient (Wildman–Crippen LogP) is -5.87. The third-order valence-corrected chi connectivity index (χ3v) is 5.40. The molecule has 0 amide bonds. The monoisotopic (exact) mass is 780 g/mol. The standard InChI is InChI=1S/C9H9N3.2C8H10N4.3ClH.Os/c1-12-7-6-11-9(12)8-4-2-3-5-10-8;2*1-11-5-3-9-7(11)8-10-4-6-12(8)2;;;;/h2-7H,1H3;2*3-6H,1-2H3;3*1H;/p-3. The Hall–Kier alpha value is -3.29. The molecule has 0 unspecified atom stereocenters. The number of nitrogens with zero attached hydrogens (tertiary/aromatic N) is 11. The molecule has 0 radical (unpaired) electrons. The summed E-state index contributed by atoms with van der Waals surface area (Å²) in [4.78, 5) is 25.2. The third kappa shape index (κ3) is 8.86. The Morgan fingerprint density at radius 2 is 0.700 bits per heavy atom. The summed E-state index contributed by atoms with van der Waals surface area (Å²) in [6, 6.07) is 5.80. The minimum atomic E-state index is 0. The zero-order valence-corrected chi connectivity index (χ0v) is 27.3. The van der Waals surface area contributed by atoms with Crippen LogP contribution in [0.3, 0.4) is 0 Å². The normalized spacial score (nSPS) is 9.32. The Morgan fingerprint density at radius 3 is 0.925 bits per heavy atom. The van der Waals surface area contributed by atoms with Gasteiger partial charge in [0.15, 0.2) is 29.1 Å². The Balaban J connectivity index is 0.000000543. The van der Waals surface area contributed by atoms with Crippen molar-refractivity contribution in [2.45, 2.75) is 0 Å². The van der Waals surface area contributed by atoms with Crippen LogP contribution in [0, 0.1) is 0 Å². The summed E-state index contributed by atoms with van der Waals surface area (Å²) in [7, 11) is 9.78. The number of imidazole rings is 5. The fraction of sp³-hybridized carbons (Fsp3) is 0.200. The number of rotatable bonds is 3. The maximum Gasteiger partial charge on any atom is 0.176 e. The van der Waals surface area contributed by atoms with Crippen molar-refractivity contribution in [2.24, 2.45) is 35.2 Å². The van der Waals surface area contributed by atoms with E-state index in [1.165, 1.54) is 0 Å². The van der Waals surface area contributed by atoms with Gasteiger partial charge in [0.05, 0.1) is 0 Å². The fourth-order valence-electron chi connectivity index (χ4n) is 3.43. The minimum absolute atomic E-state index is 0. The quantitative estimate of drug-likeness (QED) is 0.178. The molecule has 0 saturated heterocycles. The predicted molar refractivity (Wildman–Crippen MR) is 137 cm³/mol. The molecule has 0 spiro atoms. The first-order valence-electron chi connectivity index (χ1n) is 11.2. The van der Waals surface area contributed by atoms with Gasteiger partial charge >= 0.3 is 0 Å². The first kappa shape index (κ1) is 36.7. The van der Waals surface area contributed by atoms with E-state index in [1.54, 1.807) is 37.2 Å². The van der Waals surface area contributed by atoms with Gasteiger partial charge in [-0.05, 0) is 12.1 Å². The molecule has 15 heteroatoms. The van der Waals surface area contributed by atoms with Crippen LogP contribution in [0.15, 0.2) is 86.4 Å². The average molecular weight is 780 g/mol. The van der Waals surface area contributed by atoms with Gasteiger partial charge in [0.2, 0.25) is 0 Å². The molecule has 6 heterocycles. The molecule has 6 aromatic heterocycles. The van der Waals surface area contributed by atoms with E-state index in [2.05, 4.69) is 29.9 Å². The molecule has 6 rings (SSSR count). The SMILES string of the molecule is Cn1ccnc1-c1ccccn1.Cn1ccnc1-c1nccn1C.Cn1ccnc1-c1nccn1C.[Cl-].[Cl-].[Cl-].[Os]. The van der Waals surface area contributed by atoms with Crippen LogP contribution >= 0.6 is 0 Å². The Kier molecular flexibility index (Phi) is 16.0.